The summed E-state index contributed by atoms with van der Waals surface area (Å²) >= 11 is 0. The van der Waals surface area contributed by atoms with Gasteiger partial charge in [0.1, 0.15) is 0 Å². The van der Waals surface area contributed by atoms with Crippen LogP contribution in [0.5, 0.6) is 0 Å². The van der Waals surface area contributed by atoms with Crippen molar-refractivity contribution in [2.24, 2.45) is 0 Å². The maximum Gasteiger partial charge on any atom is 0.214 e. The highest BCUT2D eigenvalue weighted by Crippen LogP contribution is 2.33. The summed E-state index contributed by atoms with van der Waals surface area (Å²) in [6.45, 7) is 3.42. The molecule has 5 nitrogen and oxygen atoms in total. The van der Waals surface area contributed by atoms with Gasteiger partial charge in [-0.3, -0.25) is 5.10 Å². The van der Waals surface area contributed by atoms with E-state index in [0.29, 0.717) is 5.92 Å². The van der Waals surface area contributed by atoms with Gasteiger partial charge in [0.05, 0.1) is 10.9 Å². The zero-order valence-electron chi connectivity index (χ0n) is 14.2. The first kappa shape index (κ1) is 17.2. The zero-order chi connectivity index (χ0) is 17.2. The predicted molar refractivity (Wildman–Crippen MR) is 96.2 cm³/mol. The summed E-state index contributed by atoms with van der Waals surface area (Å²) in [5.41, 5.74) is 3.23. The molecule has 1 aromatic heterocycles. The molecule has 0 radical (unpaired) electrons. The Morgan fingerprint density at radius 3 is 2.42 bits per heavy atom. The minimum absolute atomic E-state index is 0.0603. The predicted octanol–water partition coefficient (Wildman–Crippen LogP) is 3.43. The van der Waals surface area contributed by atoms with Crippen molar-refractivity contribution >= 4 is 10.0 Å². The molecule has 130 valence electrons. The molecule has 6 heteroatoms. The maximum atomic E-state index is 12.0. The van der Waals surface area contributed by atoms with Crippen LogP contribution in [-0.4, -0.2) is 29.9 Å². The van der Waals surface area contributed by atoms with E-state index in [-0.39, 0.29) is 11.3 Å². The first-order valence-electron chi connectivity index (χ1n) is 8.57. The molecule has 1 fully saturated rings. The molecule has 0 amide bonds. The van der Waals surface area contributed by atoms with E-state index in [1.165, 1.54) is 0 Å². The highest BCUT2D eigenvalue weighted by Gasteiger charge is 2.27. The molecule has 1 aliphatic rings. The van der Waals surface area contributed by atoms with Crippen LogP contribution in [-0.2, 0) is 10.0 Å². The summed E-state index contributed by atoms with van der Waals surface area (Å²) in [5.74, 6) is 0.426. The molecule has 24 heavy (non-hydrogen) atoms. The van der Waals surface area contributed by atoms with E-state index in [4.69, 9.17) is 0 Å². The Hall–Kier alpha value is -1.66. The van der Waals surface area contributed by atoms with Gasteiger partial charge in [-0.05, 0) is 45.6 Å². The second-order valence-electron chi connectivity index (χ2n) is 6.83. The first-order valence-corrected chi connectivity index (χ1v) is 10.1. The Bertz CT molecular complexity index is 761. The lowest BCUT2D eigenvalue weighted by molar-refractivity contribution is 0.369. The van der Waals surface area contributed by atoms with Gasteiger partial charge in [0.2, 0.25) is 10.0 Å². The third-order valence-electron chi connectivity index (χ3n) is 4.79. The van der Waals surface area contributed by atoms with E-state index in [1.54, 1.807) is 13.8 Å². The van der Waals surface area contributed by atoms with Crippen LogP contribution >= 0.6 is 0 Å². The van der Waals surface area contributed by atoms with Gasteiger partial charge in [0.25, 0.3) is 0 Å². The smallest absolute Gasteiger partial charge is 0.214 e. The molecule has 0 bridgehead atoms. The minimum atomic E-state index is -3.18. The SMILES string of the molecule is CC(C)S(=O)(=O)N[C@H]1CC[C@H](c2cc(-c3ccccc3)n[nH]2)CC1. The lowest BCUT2D eigenvalue weighted by atomic mass is 9.84. The van der Waals surface area contributed by atoms with Crippen molar-refractivity contribution in [1.82, 2.24) is 14.9 Å². The topological polar surface area (TPSA) is 74.8 Å². The quantitative estimate of drug-likeness (QED) is 0.870. The van der Waals surface area contributed by atoms with Crippen molar-refractivity contribution in [3.05, 3.63) is 42.1 Å². The molecule has 2 N–H and O–H groups in total. The van der Waals surface area contributed by atoms with Gasteiger partial charge in [-0.1, -0.05) is 30.3 Å². The highest BCUT2D eigenvalue weighted by atomic mass is 32.2. The number of hydrogen-bond donors (Lipinski definition) is 2. The van der Waals surface area contributed by atoms with Crippen LogP contribution in [0, 0.1) is 0 Å². The highest BCUT2D eigenvalue weighted by molar-refractivity contribution is 7.90. The maximum absolute atomic E-state index is 12.0. The van der Waals surface area contributed by atoms with Crippen molar-refractivity contribution in [2.45, 2.75) is 56.7 Å². The van der Waals surface area contributed by atoms with Gasteiger partial charge in [-0.2, -0.15) is 5.10 Å². The fourth-order valence-corrected chi connectivity index (χ4v) is 4.17. The van der Waals surface area contributed by atoms with Crippen molar-refractivity contribution in [3.63, 3.8) is 0 Å². The molecule has 3 rings (SSSR count). The van der Waals surface area contributed by atoms with Crippen LogP contribution in [0.1, 0.15) is 51.1 Å². The van der Waals surface area contributed by atoms with Crippen molar-refractivity contribution in [2.75, 3.05) is 0 Å². The summed E-state index contributed by atoms with van der Waals surface area (Å²) in [7, 11) is -3.18. The number of hydrogen-bond acceptors (Lipinski definition) is 3. The molecule has 1 aromatic carbocycles. The molecule has 0 spiro atoms. The van der Waals surface area contributed by atoms with Crippen LogP contribution in [0.25, 0.3) is 11.3 Å². The number of sulfonamides is 1. The number of aromatic nitrogens is 2. The molecule has 0 atom stereocenters. The molecule has 2 aromatic rings. The van der Waals surface area contributed by atoms with E-state index in [0.717, 1.165) is 42.6 Å². The first-order chi connectivity index (χ1) is 11.5. The average molecular weight is 347 g/mol. The third-order valence-corrected chi connectivity index (χ3v) is 6.69. The van der Waals surface area contributed by atoms with Gasteiger partial charge in [0.15, 0.2) is 0 Å². The van der Waals surface area contributed by atoms with Crippen molar-refractivity contribution < 1.29 is 8.42 Å². The van der Waals surface area contributed by atoms with E-state index in [2.05, 4.69) is 33.1 Å². The Balaban J connectivity index is 1.61. The summed E-state index contributed by atoms with van der Waals surface area (Å²) in [5, 5.41) is 7.21. The summed E-state index contributed by atoms with van der Waals surface area (Å²) in [6.07, 6.45) is 3.69. The Labute approximate surface area is 143 Å². The molecule has 1 heterocycles. The van der Waals surface area contributed by atoms with E-state index < -0.39 is 10.0 Å². The van der Waals surface area contributed by atoms with Gasteiger partial charge in [-0.25, -0.2) is 13.1 Å². The zero-order valence-corrected chi connectivity index (χ0v) is 15.0. The summed E-state index contributed by atoms with van der Waals surface area (Å²) < 4.78 is 26.8. The minimum Gasteiger partial charge on any atom is -0.282 e. The third kappa shape index (κ3) is 3.87. The standard InChI is InChI=1S/C18H25N3O2S/c1-13(2)24(22,23)21-16-10-8-15(9-11-16)18-12-17(19-20-18)14-6-4-3-5-7-14/h3-7,12-13,15-16,21H,8-11H2,1-2H3,(H,19,20)/t15-,16-. The fraction of sp³-hybridized carbons (Fsp3) is 0.500. The number of nitrogens with zero attached hydrogens (tertiary/aromatic N) is 1. The molecule has 0 saturated heterocycles. The Morgan fingerprint density at radius 2 is 1.79 bits per heavy atom. The van der Waals surface area contributed by atoms with Gasteiger partial charge < -0.3 is 0 Å². The lowest BCUT2D eigenvalue weighted by Gasteiger charge is -2.28. The number of nitrogens with one attached hydrogen (secondary N) is 2. The van der Waals surface area contributed by atoms with Gasteiger partial charge >= 0.3 is 0 Å². The Morgan fingerprint density at radius 1 is 1.12 bits per heavy atom. The monoisotopic (exact) mass is 347 g/mol. The lowest BCUT2D eigenvalue weighted by Crippen LogP contribution is -2.40. The van der Waals surface area contributed by atoms with Gasteiger partial charge in [0, 0.05) is 23.2 Å². The van der Waals surface area contributed by atoms with E-state index in [9.17, 15) is 8.42 Å². The Kier molecular flexibility index (Phi) is 5.06. The number of H-pyrrole nitrogens is 1. The summed E-state index contributed by atoms with van der Waals surface area (Å²) in [6, 6.07) is 12.3. The van der Waals surface area contributed by atoms with Crippen molar-refractivity contribution in [1.29, 1.82) is 0 Å². The largest absolute Gasteiger partial charge is 0.282 e. The van der Waals surface area contributed by atoms with Crippen LogP contribution in [0.15, 0.2) is 36.4 Å². The molecular formula is C18H25N3O2S. The molecular weight excluding hydrogens is 322 g/mol. The molecule has 1 saturated carbocycles. The molecule has 0 aliphatic heterocycles. The normalized spacial score (nSPS) is 22.0. The van der Waals surface area contributed by atoms with Crippen LogP contribution in [0.4, 0.5) is 0 Å². The van der Waals surface area contributed by atoms with Gasteiger partial charge in [-0.15, -0.1) is 0 Å². The number of aromatic amines is 1. The second-order valence-corrected chi connectivity index (χ2v) is 9.10. The van der Waals surface area contributed by atoms with E-state index >= 15 is 0 Å². The fourth-order valence-electron chi connectivity index (χ4n) is 3.19. The average Bonchev–Trinajstić information content (AvgIpc) is 3.06. The molecule has 1 aliphatic carbocycles. The summed E-state index contributed by atoms with van der Waals surface area (Å²) in [4.78, 5) is 0. The van der Waals surface area contributed by atoms with Crippen molar-refractivity contribution in [3.8, 4) is 11.3 Å². The molecule has 0 unspecified atom stereocenters. The van der Waals surface area contributed by atoms with Crippen LogP contribution < -0.4 is 4.72 Å². The number of benzene rings is 1. The van der Waals surface area contributed by atoms with Crippen LogP contribution in [0.2, 0.25) is 0 Å². The number of rotatable bonds is 5. The van der Waals surface area contributed by atoms with E-state index in [1.807, 2.05) is 18.2 Å². The van der Waals surface area contributed by atoms with Crippen LogP contribution in [0.3, 0.4) is 0 Å². The second kappa shape index (κ2) is 7.07.